The molecule has 0 bridgehead atoms. The van der Waals surface area contributed by atoms with Gasteiger partial charge in [-0.25, -0.2) is 0 Å². The summed E-state index contributed by atoms with van der Waals surface area (Å²) in [4.78, 5) is 0. The van der Waals surface area contributed by atoms with Gasteiger partial charge in [-0.3, -0.25) is 0 Å². The zero-order valence-corrected chi connectivity index (χ0v) is 20.5. The first kappa shape index (κ1) is 23.7. The molecule has 3 aromatic rings. The van der Waals surface area contributed by atoms with E-state index in [-0.39, 0.29) is 0 Å². The highest BCUT2D eigenvalue weighted by Gasteiger charge is 2.13. The van der Waals surface area contributed by atoms with Gasteiger partial charge in [0.2, 0.25) is 0 Å². The average Bonchev–Trinajstić information content (AvgIpc) is 2.77. The molecular weight excluding hydrogens is 501 g/mol. The first-order valence-corrected chi connectivity index (χ1v) is 11.3. The van der Waals surface area contributed by atoms with Gasteiger partial charge in [-0.05, 0) is 70.4 Å². The molecule has 0 aliphatic carbocycles. The molecule has 0 unspecified atom stereocenters. The molecule has 164 valence electrons. The first-order valence-electron chi connectivity index (χ1n) is 9.77. The molecule has 0 aromatic heterocycles. The molecule has 0 heterocycles. The number of nitrogens with one attached hydrogen (secondary N) is 1. The van der Waals surface area contributed by atoms with Crippen molar-refractivity contribution in [3.63, 3.8) is 0 Å². The summed E-state index contributed by atoms with van der Waals surface area (Å²) in [5, 5.41) is 4.63. The monoisotopic (exact) mass is 523 g/mol. The summed E-state index contributed by atoms with van der Waals surface area (Å²) in [6.07, 6.45) is 0.880. The van der Waals surface area contributed by atoms with Gasteiger partial charge < -0.3 is 19.5 Å². The van der Waals surface area contributed by atoms with E-state index < -0.39 is 0 Å². The van der Waals surface area contributed by atoms with E-state index in [1.165, 1.54) is 5.56 Å². The predicted molar refractivity (Wildman–Crippen MR) is 130 cm³/mol. The standard InChI is InChI=1S/C24H24BrCl2NO3/c1-29-22-6-4-3-5-17(22)9-10-28-14-16-11-20(25)24(23(12-16)30-2)31-15-18-7-8-19(26)13-21(18)27/h3-8,11-13,28H,9-10,14-15H2,1-2H3. The van der Waals surface area contributed by atoms with E-state index in [0.717, 1.165) is 34.3 Å². The topological polar surface area (TPSA) is 39.7 Å². The Balaban J connectivity index is 1.60. The normalized spacial score (nSPS) is 10.7. The van der Waals surface area contributed by atoms with Crippen LogP contribution in [0.15, 0.2) is 59.1 Å². The molecular formula is C24H24BrCl2NO3. The largest absolute Gasteiger partial charge is 0.496 e. The molecule has 31 heavy (non-hydrogen) atoms. The molecule has 1 N–H and O–H groups in total. The van der Waals surface area contributed by atoms with Gasteiger partial charge in [-0.1, -0.05) is 47.5 Å². The zero-order chi connectivity index (χ0) is 22.2. The number of para-hydroxylation sites is 1. The van der Waals surface area contributed by atoms with Gasteiger partial charge in [0.15, 0.2) is 11.5 Å². The molecule has 0 fully saturated rings. The van der Waals surface area contributed by atoms with Gasteiger partial charge in [0.25, 0.3) is 0 Å². The summed E-state index contributed by atoms with van der Waals surface area (Å²) in [6.45, 7) is 1.84. The Hall–Kier alpha value is -1.92. The minimum absolute atomic E-state index is 0.307. The Morgan fingerprint density at radius 3 is 2.42 bits per heavy atom. The third-order valence-corrected chi connectivity index (χ3v) is 5.95. The number of hydrogen-bond acceptors (Lipinski definition) is 4. The fourth-order valence-electron chi connectivity index (χ4n) is 3.17. The van der Waals surface area contributed by atoms with Crippen molar-refractivity contribution in [3.05, 3.63) is 85.8 Å². The lowest BCUT2D eigenvalue weighted by Crippen LogP contribution is -2.17. The Bertz CT molecular complexity index is 1030. The van der Waals surface area contributed by atoms with Crippen LogP contribution in [0.3, 0.4) is 0 Å². The fourth-order valence-corrected chi connectivity index (χ4v) is 4.24. The molecule has 0 aliphatic rings. The van der Waals surface area contributed by atoms with E-state index in [1.54, 1.807) is 26.4 Å². The van der Waals surface area contributed by atoms with Crippen LogP contribution in [-0.4, -0.2) is 20.8 Å². The van der Waals surface area contributed by atoms with Crippen LogP contribution in [0.25, 0.3) is 0 Å². The van der Waals surface area contributed by atoms with Crippen molar-refractivity contribution in [2.75, 3.05) is 20.8 Å². The lowest BCUT2D eigenvalue weighted by Gasteiger charge is -2.15. The summed E-state index contributed by atoms with van der Waals surface area (Å²) in [6, 6.07) is 17.4. The number of hydrogen-bond donors (Lipinski definition) is 1. The highest BCUT2D eigenvalue weighted by molar-refractivity contribution is 9.10. The maximum absolute atomic E-state index is 6.25. The van der Waals surface area contributed by atoms with Crippen LogP contribution in [0.2, 0.25) is 10.0 Å². The third-order valence-electron chi connectivity index (χ3n) is 4.77. The van der Waals surface area contributed by atoms with Crippen molar-refractivity contribution in [2.45, 2.75) is 19.6 Å². The summed E-state index contributed by atoms with van der Waals surface area (Å²) in [5.41, 5.74) is 3.11. The predicted octanol–water partition coefficient (Wildman–Crippen LogP) is 6.68. The van der Waals surface area contributed by atoms with Crippen molar-refractivity contribution >= 4 is 39.1 Å². The molecule has 0 saturated heterocycles. The van der Waals surface area contributed by atoms with Crippen molar-refractivity contribution in [1.82, 2.24) is 5.32 Å². The van der Waals surface area contributed by atoms with Crippen molar-refractivity contribution in [2.24, 2.45) is 0 Å². The van der Waals surface area contributed by atoms with Gasteiger partial charge in [-0.2, -0.15) is 0 Å². The number of ether oxygens (including phenoxy) is 3. The van der Waals surface area contributed by atoms with Crippen LogP contribution in [-0.2, 0) is 19.6 Å². The SMILES string of the molecule is COc1ccccc1CCNCc1cc(Br)c(OCc2ccc(Cl)cc2Cl)c(OC)c1. The van der Waals surface area contributed by atoms with Gasteiger partial charge in [0, 0.05) is 22.2 Å². The van der Waals surface area contributed by atoms with Crippen LogP contribution in [0.4, 0.5) is 0 Å². The number of methoxy groups -OCH3 is 2. The molecule has 3 aromatic carbocycles. The van der Waals surface area contributed by atoms with Crippen LogP contribution in [0.5, 0.6) is 17.2 Å². The number of rotatable bonds is 10. The highest BCUT2D eigenvalue weighted by Crippen LogP contribution is 2.37. The van der Waals surface area contributed by atoms with Crippen LogP contribution in [0.1, 0.15) is 16.7 Å². The fraction of sp³-hybridized carbons (Fsp3) is 0.250. The summed E-state index contributed by atoms with van der Waals surface area (Å²) in [5.74, 6) is 2.20. The second kappa shape index (κ2) is 11.6. The Morgan fingerprint density at radius 2 is 1.68 bits per heavy atom. The summed E-state index contributed by atoms with van der Waals surface area (Å²) < 4.78 is 17.8. The van der Waals surface area contributed by atoms with Gasteiger partial charge in [0.05, 0.1) is 18.7 Å². The molecule has 0 amide bonds. The van der Waals surface area contributed by atoms with Crippen molar-refractivity contribution in [3.8, 4) is 17.2 Å². The van der Waals surface area contributed by atoms with E-state index >= 15 is 0 Å². The molecule has 0 saturated carbocycles. The minimum atomic E-state index is 0.307. The summed E-state index contributed by atoms with van der Waals surface area (Å²) >= 11 is 15.8. The molecule has 0 spiro atoms. The zero-order valence-electron chi connectivity index (χ0n) is 17.4. The number of halogens is 3. The van der Waals surface area contributed by atoms with E-state index in [2.05, 4.69) is 27.3 Å². The molecule has 0 aliphatic heterocycles. The molecule has 0 atom stereocenters. The van der Waals surface area contributed by atoms with E-state index in [4.69, 9.17) is 37.4 Å². The van der Waals surface area contributed by atoms with Crippen LogP contribution >= 0.6 is 39.1 Å². The molecule has 0 radical (unpaired) electrons. The Labute approximate surface area is 201 Å². The lowest BCUT2D eigenvalue weighted by atomic mass is 10.1. The third kappa shape index (κ3) is 6.53. The van der Waals surface area contributed by atoms with Gasteiger partial charge >= 0.3 is 0 Å². The second-order valence-corrected chi connectivity index (χ2v) is 8.57. The van der Waals surface area contributed by atoms with Crippen LogP contribution in [0, 0.1) is 0 Å². The Kier molecular flexibility index (Phi) is 8.90. The van der Waals surface area contributed by atoms with E-state index in [1.807, 2.05) is 36.4 Å². The molecule has 3 rings (SSSR count). The quantitative estimate of drug-likeness (QED) is 0.300. The van der Waals surface area contributed by atoms with E-state index in [9.17, 15) is 0 Å². The maximum Gasteiger partial charge on any atom is 0.175 e. The maximum atomic E-state index is 6.25. The Morgan fingerprint density at radius 1 is 0.903 bits per heavy atom. The van der Waals surface area contributed by atoms with Crippen molar-refractivity contribution in [1.29, 1.82) is 0 Å². The summed E-state index contributed by atoms with van der Waals surface area (Å²) in [7, 11) is 3.32. The van der Waals surface area contributed by atoms with E-state index in [0.29, 0.717) is 34.7 Å². The minimum Gasteiger partial charge on any atom is -0.496 e. The van der Waals surface area contributed by atoms with Crippen molar-refractivity contribution < 1.29 is 14.2 Å². The van der Waals surface area contributed by atoms with Gasteiger partial charge in [-0.15, -0.1) is 0 Å². The lowest BCUT2D eigenvalue weighted by molar-refractivity contribution is 0.282. The van der Waals surface area contributed by atoms with Gasteiger partial charge in [0.1, 0.15) is 12.4 Å². The molecule has 4 nitrogen and oxygen atoms in total. The first-order chi connectivity index (χ1) is 15.0. The smallest absolute Gasteiger partial charge is 0.175 e. The molecule has 7 heteroatoms. The van der Waals surface area contributed by atoms with Crippen LogP contribution < -0.4 is 19.5 Å². The highest BCUT2D eigenvalue weighted by atomic mass is 79.9. The number of benzene rings is 3. The average molecular weight is 525 g/mol. The second-order valence-electron chi connectivity index (χ2n) is 6.87.